The molecule has 3 unspecified atom stereocenters. The molecule has 1 aliphatic rings. The second-order valence-corrected chi connectivity index (χ2v) is 8.43. The Balaban J connectivity index is 1.82. The molecule has 0 bridgehead atoms. The fourth-order valence-corrected chi connectivity index (χ4v) is 4.80. The van der Waals surface area contributed by atoms with E-state index < -0.39 is 5.60 Å². The van der Waals surface area contributed by atoms with Gasteiger partial charge in [0.15, 0.2) is 0 Å². The molecule has 4 nitrogen and oxygen atoms in total. The number of carbonyl (C=O) groups is 1. The molecule has 0 radical (unpaired) electrons. The van der Waals surface area contributed by atoms with Gasteiger partial charge in [0.25, 0.3) is 0 Å². The van der Waals surface area contributed by atoms with Crippen molar-refractivity contribution in [3.8, 4) is 0 Å². The van der Waals surface area contributed by atoms with Gasteiger partial charge in [0.2, 0.25) is 0 Å². The van der Waals surface area contributed by atoms with Crippen molar-refractivity contribution in [2.45, 2.75) is 56.4 Å². The third-order valence-corrected chi connectivity index (χ3v) is 6.49. The van der Waals surface area contributed by atoms with Crippen molar-refractivity contribution in [2.24, 2.45) is 0 Å². The Morgan fingerprint density at radius 2 is 2.27 bits per heavy atom. The Morgan fingerprint density at radius 3 is 2.95 bits per heavy atom. The molecule has 1 heterocycles. The molecule has 0 spiro atoms. The minimum Gasteiger partial charge on any atom is -0.383 e. The molecular weight excluding hydrogens is 316 g/mol. The first kappa shape index (κ1) is 17.6. The zero-order valence-corrected chi connectivity index (χ0v) is 14.9. The molecule has 124 valence electrons. The van der Waals surface area contributed by atoms with E-state index in [0.29, 0.717) is 5.25 Å². The molecule has 1 fully saturated rings. The van der Waals surface area contributed by atoms with Crippen LogP contribution in [0.25, 0.3) is 0 Å². The first-order valence-corrected chi connectivity index (χ1v) is 9.88. The highest BCUT2D eigenvalue weighted by molar-refractivity contribution is 7.99. The fourth-order valence-electron chi connectivity index (χ4n) is 2.82. The number of thiophene rings is 1. The van der Waals surface area contributed by atoms with Gasteiger partial charge in [0, 0.05) is 16.2 Å². The molecule has 0 aliphatic heterocycles. The van der Waals surface area contributed by atoms with Crippen LogP contribution in [0, 0.1) is 0 Å². The number of amides is 2. The molecule has 2 amide bonds. The molecule has 22 heavy (non-hydrogen) atoms. The number of hydrogen-bond acceptors (Lipinski definition) is 4. The van der Waals surface area contributed by atoms with Crippen LogP contribution in [-0.4, -0.2) is 34.7 Å². The van der Waals surface area contributed by atoms with Crippen LogP contribution in [0.1, 0.15) is 44.4 Å². The largest absolute Gasteiger partial charge is 0.383 e. The lowest BCUT2D eigenvalue weighted by molar-refractivity contribution is 0.0629. The first-order valence-electron chi connectivity index (χ1n) is 7.95. The molecule has 6 heteroatoms. The Kier molecular flexibility index (Phi) is 6.59. The summed E-state index contributed by atoms with van der Waals surface area (Å²) in [6.45, 7) is 4.11. The van der Waals surface area contributed by atoms with E-state index in [0.717, 1.165) is 17.1 Å². The number of hydrogen-bond donors (Lipinski definition) is 3. The SMILES string of the molecule is CCSC1CCCCC1NC(=O)NCC(C)(O)c1cccs1. The van der Waals surface area contributed by atoms with Crippen molar-refractivity contribution in [1.82, 2.24) is 10.6 Å². The number of carbonyl (C=O) groups excluding carboxylic acids is 1. The Morgan fingerprint density at radius 1 is 1.50 bits per heavy atom. The highest BCUT2D eigenvalue weighted by Gasteiger charge is 2.28. The topological polar surface area (TPSA) is 61.4 Å². The molecule has 1 aromatic heterocycles. The van der Waals surface area contributed by atoms with Crippen molar-refractivity contribution in [1.29, 1.82) is 0 Å². The van der Waals surface area contributed by atoms with E-state index >= 15 is 0 Å². The number of rotatable bonds is 6. The maximum Gasteiger partial charge on any atom is 0.315 e. The maximum atomic E-state index is 12.1. The van der Waals surface area contributed by atoms with E-state index in [1.807, 2.05) is 29.3 Å². The van der Waals surface area contributed by atoms with E-state index in [1.165, 1.54) is 30.6 Å². The van der Waals surface area contributed by atoms with Gasteiger partial charge in [-0.15, -0.1) is 11.3 Å². The Bertz CT molecular complexity index is 461. The summed E-state index contributed by atoms with van der Waals surface area (Å²) >= 11 is 3.43. The number of thioether (sulfide) groups is 1. The summed E-state index contributed by atoms with van der Waals surface area (Å²) in [6.07, 6.45) is 4.66. The minimum absolute atomic E-state index is 0.176. The van der Waals surface area contributed by atoms with Gasteiger partial charge in [-0.05, 0) is 37.0 Å². The minimum atomic E-state index is -1.02. The predicted octanol–water partition coefficient (Wildman–Crippen LogP) is 3.32. The van der Waals surface area contributed by atoms with Gasteiger partial charge in [0.05, 0.1) is 6.54 Å². The quantitative estimate of drug-likeness (QED) is 0.743. The average molecular weight is 343 g/mol. The highest BCUT2D eigenvalue weighted by atomic mass is 32.2. The average Bonchev–Trinajstić information content (AvgIpc) is 3.03. The molecule has 1 aromatic rings. The van der Waals surface area contributed by atoms with E-state index in [4.69, 9.17) is 0 Å². The summed E-state index contributed by atoms with van der Waals surface area (Å²) in [5.74, 6) is 1.08. The van der Waals surface area contributed by atoms with Gasteiger partial charge in [0.1, 0.15) is 5.60 Å². The van der Waals surface area contributed by atoms with Crippen LogP contribution >= 0.6 is 23.1 Å². The van der Waals surface area contributed by atoms with Gasteiger partial charge >= 0.3 is 6.03 Å². The smallest absolute Gasteiger partial charge is 0.315 e. The third-order valence-electron chi connectivity index (χ3n) is 4.04. The van der Waals surface area contributed by atoms with E-state index in [9.17, 15) is 9.90 Å². The highest BCUT2D eigenvalue weighted by Crippen LogP contribution is 2.28. The molecule has 3 N–H and O–H groups in total. The van der Waals surface area contributed by atoms with Crippen LogP contribution in [0.3, 0.4) is 0 Å². The number of nitrogens with one attached hydrogen (secondary N) is 2. The van der Waals surface area contributed by atoms with Gasteiger partial charge in [-0.2, -0.15) is 11.8 Å². The van der Waals surface area contributed by atoms with Gasteiger partial charge in [-0.3, -0.25) is 0 Å². The van der Waals surface area contributed by atoms with E-state index in [2.05, 4.69) is 17.6 Å². The van der Waals surface area contributed by atoms with Crippen molar-refractivity contribution in [3.05, 3.63) is 22.4 Å². The number of urea groups is 1. The van der Waals surface area contributed by atoms with Gasteiger partial charge < -0.3 is 15.7 Å². The lowest BCUT2D eigenvalue weighted by Gasteiger charge is -2.32. The van der Waals surface area contributed by atoms with Crippen molar-refractivity contribution in [3.63, 3.8) is 0 Å². The summed E-state index contributed by atoms with van der Waals surface area (Å²) in [5.41, 5.74) is -1.02. The van der Waals surface area contributed by atoms with Crippen LogP contribution in [0.4, 0.5) is 4.79 Å². The van der Waals surface area contributed by atoms with E-state index in [1.54, 1.807) is 6.92 Å². The monoisotopic (exact) mass is 342 g/mol. The van der Waals surface area contributed by atoms with Crippen molar-refractivity contribution in [2.75, 3.05) is 12.3 Å². The van der Waals surface area contributed by atoms with E-state index in [-0.39, 0.29) is 18.6 Å². The first-order chi connectivity index (χ1) is 10.5. The van der Waals surface area contributed by atoms with Crippen LogP contribution in [0.5, 0.6) is 0 Å². The molecule has 1 saturated carbocycles. The molecule has 0 saturated heterocycles. The lowest BCUT2D eigenvalue weighted by Crippen LogP contribution is -2.50. The summed E-state index contributed by atoms with van der Waals surface area (Å²) in [4.78, 5) is 13.0. The normalized spacial score (nSPS) is 24.5. The summed E-state index contributed by atoms with van der Waals surface area (Å²) < 4.78 is 0. The zero-order chi connectivity index (χ0) is 16.0. The summed E-state index contributed by atoms with van der Waals surface area (Å²) in [5, 5.41) is 18.8. The van der Waals surface area contributed by atoms with Crippen LogP contribution < -0.4 is 10.6 Å². The maximum absolute atomic E-state index is 12.1. The van der Waals surface area contributed by atoms with Gasteiger partial charge in [-0.1, -0.05) is 25.8 Å². The second kappa shape index (κ2) is 8.22. The van der Waals surface area contributed by atoms with Gasteiger partial charge in [-0.25, -0.2) is 4.79 Å². The number of aliphatic hydroxyl groups is 1. The summed E-state index contributed by atoms with van der Waals surface area (Å²) in [7, 11) is 0. The lowest BCUT2D eigenvalue weighted by atomic mass is 9.95. The third kappa shape index (κ3) is 4.89. The molecule has 1 aliphatic carbocycles. The van der Waals surface area contributed by atoms with Crippen LogP contribution in [-0.2, 0) is 5.60 Å². The molecule has 2 rings (SSSR count). The zero-order valence-electron chi connectivity index (χ0n) is 13.3. The van der Waals surface area contributed by atoms with Crippen molar-refractivity contribution < 1.29 is 9.90 Å². The standard InChI is InChI=1S/C16H26N2O2S2/c1-3-21-13-8-5-4-7-12(13)18-15(19)17-11-16(2,20)14-9-6-10-22-14/h6,9-10,12-13,20H,3-5,7-8,11H2,1-2H3,(H2,17,18,19). The summed E-state index contributed by atoms with van der Waals surface area (Å²) in [6, 6.07) is 3.86. The van der Waals surface area contributed by atoms with Crippen molar-refractivity contribution >= 4 is 29.1 Å². The molecular formula is C16H26N2O2S2. The second-order valence-electron chi connectivity index (χ2n) is 5.96. The Labute approximate surface area is 141 Å². The van der Waals surface area contributed by atoms with Crippen LogP contribution in [0.2, 0.25) is 0 Å². The predicted molar refractivity (Wildman–Crippen MR) is 94.6 cm³/mol. The fraction of sp³-hybridized carbons (Fsp3) is 0.688. The Hall–Kier alpha value is -0.720. The molecule has 3 atom stereocenters. The van der Waals surface area contributed by atoms with Crippen LogP contribution in [0.15, 0.2) is 17.5 Å². The molecule has 0 aromatic carbocycles.